The van der Waals surface area contributed by atoms with Crippen LogP contribution in [0.5, 0.6) is 0 Å². The first-order valence-corrected chi connectivity index (χ1v) is 7.63. The molecule has 0 heterocycles. The summed E-state index contributed by atoms with van der Waals surface area (Å²) in [5, 5.41) is 0. The van der Waals surface area contributed by atoms with Crippen LogP contribution in [0.4, 0.5) is 0 Å². The van der Waals surface area contributed by atoms with Crippen LogP contribution in [-0.4, -0.2) is 0 Å². The third-order valence-electron chi connectivity index (χ3n) is 0. The molecule has 0 amide bonds. The second-order valence-electron chi connectivity index (χ2n) is 1.13. The van der Waals surface area contributed by atoms with Crippen molar-refractivity contribution in [2.24, 2.45) is 0 Å². The molecule has 0 rings (SSSR count). The summed E-state index contributed by atoms with van der Waals surface area (Å²) in [6.07, 6.45) is 0. The van der Waals surface area contributed by atoms with Gasteiger partial charge in [-0.3, -0.25) is 0 Å². The molecule has 0 aromatic carbocycles. The first-order chi connectivity index (χ1) is 6.00. The minimum atomic E-state index is -5.62. The summed E-state index contributed by atoms with van der Waals surface area (Å²) in [5.41, 5.74) is 0. The van der Waals surface area contributed by atoms with Gasteiger partial charge in [-0.2, -0.15) is 0 Å². The monoisotopic (exact) mass is 488 g/mol. The summed E-state index contributed by atoms with van der Waals surface area (Å²) in [7, 11) is 0. The van der Waals surface area contributed by atoms with Crippen LogP contribution in [0.1, 0.15) is 0 Å². The van der Waals surface area contributed by atoms with Crippen LogP contribution in [0.3, 0.4) is 0 Å². The fraction of sp³-hybridized carbons (Fsp3) is 0. The molecule has 19 heavy (non-hydrogen) atoms. The van der Waals surface area contributed by atoms with E-state index in [0.29, 0.717) is 0 Å². The van der Waals surface area contributed by atoms with Gasteiger partial charge in [-0.25, -0.2) is 0 Å². The van der Waals surface area contributed by atoms with Gasteiger partial charge in [0.2, 0.25) is 0 Å². The van der Waals surface area contributed by atoms with Crippen molar-refractivity contribution in [1.29, 1.82) is 0 Å². The summed E-state index contributed by atoms with van der Waals surface area (Å²) in [6.45, 7) is 0. The van der Waals surface area contributed by atoms with E-state index in [0.717, 1.165) is 0 Å². The maximum atomic E-state index is 8.58. The Bertz CT molecular complexity index is 352. The van der Waals surface area contributed by atoms with Crippen LogP contribution in [0.25, 0.3) is 0 Å². The second-order valence-corrected chi connectivity index (χ2v) is 4.68. The molecule has 0 unspecified atom stereocenters. The van der Waals surface area contributed by atoms with Gasteiger partial charge in [-0.05, 0) is 0 Å². The molecule has 0 bridgehead atoms. The van der Waals surface area contributed by atoms with Crippen molar-refractivity contribution >= 4 is 0 Å². The van der Waals surface area contributed by atoms with Crippen molar-refractivity contribution in [3.8, 4) is 0 Å². The summed E-state index contributed by atoms with van der Waals surface area (Å²) in [5.74, 6) is 0. The Morgan fingerprint density at radius 1 is 0.474 bits per heavy atom. The molecule has 12 nitrogen and oxygen atoms in total. The molecule has 19 heteroatoms. The van der Waals surface area contributed by atoms with E-state index < -0.39 is 40.1 Å². The van der Waals surface area contributed by atoms with E-state index in [2.05, 4.69) is 0 Å². The molecule has 0 aliphatic rings. The van der Waals surface area contributed by atoms with Crippen LogP contribution >= 0.6 is 0 Å². The predicted molar refractivity (Wildman–Crippen MR) is 4.12 cm³/mol. The molecule has 0 saturated carbocycles. The molecule has 0 N–H and O–H groups in total. The molecule has 0 aliphatic heterocycles. The van der Waals surface area contributed by atoms with E-state index in [1.54, 1.807) is 0 Å². The molecule has 0 saturated heterocycles. The van der Waals surface area contributed by atoms with Gasteiger partial charge >= 0.3 is 159 Å². The van der Waals surface area contributed by atoms with E-state index in [-0.39, 0.29) is 71.0 Å². The molecule has 0 aliphatic carbocycles. The Kier molecular flexibility index (Phi) is 41.5. The summed E-state index contributed by atoms with van der Waals surface area (Å²) in [6, 6.07) is 0. The van der Waals surface area contributed by atoms with Crippen molar-refractivity contribution in [3.05, 3.63) is 0 Å². The summed E-state index contributed by atoms with van der Waals surface area (Å²) in [4.78, 5) is 0. The van der Waals surface area contributed by atoms with Gasteiger partial charge in [0.15, 0.2) is 0 Å². The van der Waals surface area contributed by atoms with Crippen molar-refractivity contribution in [2.75, 3.05) is 0 Å². The van der Waals surface area contributed by atoms with E-state index in [9.17, 15) is 0 Å². The van der Waals surface area contributed by atoms with Gasteiger partial charge in [0.1, 0.15) is 0 Å². The van der Waals surface area contributed by atoms with Gasteiger partial charge in [0.05, 0.1) is 0 Å². The van der Waals surface area contributed by atoms with Gasteiger partial charge in [-0.15, -0.1) is 0 Å². The molecule has 0 atom stereocenters. The Hall–Kier alpha value is 2.31. The predicted octanol–water partition coefficient (Wildman–Crippen LogP) is -13.9. The third-order valence-corrected chi connectivity index (χ3v) is 0. The third kappa shape index (κ3) is 1270. The minimum absolute atomic E-state index is 0. The maximum absolute atomic E-state index is 8.58. The molecule has 0 aromatic heterocycles. The second kappa shape index (κ2) is 18.4. The van der Waals surface area contributed by atoms with Gasteiger partial charge in [0, 0.05) is 0 Å². The van der Waals surface area contributed by atoms with Crippen molar-refractivity contribution in [1.82, 2.24) is 0 Å². The topological polar surface area (TPSA) is 241 Å². The van der Waals surface area contributed by atoms with Gasteiger partial charge in [-0.1, -0.05) is 0 Å². The fourth-order valence-electron chi connectivity index (χ4n) is 0. The molecular formula is CoLi2Mn3NiO12. The summed E-state index contributed by atoms with van der Waals surface area (Å²) >= 11 is -16.9. The molecule has 0 spiro atoms. The first kappa shape index (κ1) is 42.9. The number of rotatable bonds is 0. The molecule has 1 radical (unpaired) electrons. The average Bonchev–Trinajstić information content (AvgIpc) is 1.41. The van der Waals surface area contributed by atoms with E-state index >= 15 is 0 Å². The first-order valence-electron chi connectivity index (χ1n) is 1.85. The van der Waals surface area contributed by atoms with Gasteiger partial charge < -0.3 is 0 Å². The Labute approximate surface area is 157 Å². The van der Waals surface area contributed by atoms with Crippen molar-refractivity contribution < 1.29 is 159 Å². The quantitative estimate of drug-likeness (QED) is 0.289. The Morgan fingerprint density at radius 2 is 0.474 bits per heavy atom. The average molecular weight is 488 g/mol. The zero-order chi connectivity index (χ0) is 13.5. The van der Waals surface area contributed by atoms with Crippen molar-refractivity contribution in [2.45, 2.75) is 0 Å². The molecular weight excluding hydrogens is 488 g/mol. The van der Waals surface area contributed by atoms with Gasteiger partial charge in [0.25, 0.3) is 0 Å². The van der Waals surface area contributed by atoms with E-state index in [1.165, 1.54) is 0 Å². The van der Waals surface area contributed by atoms with Crippen LogP contribution in [0.2, 0.25) is 0 Å². The Balaban J connectivity index is -0.0000000206. The van der Waals surface area contributed by atoms with Crippen LogP contribution in [0, 0.1) is 0 Å². The molecule has 0 aromatic rings. The zero-order valence-electron chi connectivity index (χ0n) is 8.68. The Morgan fingerprint density at radius 3 is 0.474 bits per heavy atom. The SMILES string of the molecule is [Co+2].[Li+].[Li+].[Ni+2].[O]=[Mn](=[O])([O-])[O-].[O]=[Mn](=[O])([O-])[O-].[O]=[Mn](=[O])([O-])[O-]. The molecule has 114 valence electrons. The van der Waals surface area contributed by atoms with E-state index in [1.807, 2.05) is 0 Å². The summed E-state index contributed by atoms with van der Waals surface area (Å²) < 4.78 is 103. The fourth-order valence-corrected chi connectivity index (χ4v) is 0. The van der Waals surface area contributed by atoms with Crippen LogP contribution in [-0.2, 0) is 96.4 Å². The van der Waals surface area contributed by atoms with E-state index in [4.69, 9.17) is 48.1 Å². The standard InChI is InChI=1S/Co.2Li.3Mn.Ni.12O/q+2;2*+1;;;;+2;;;;;;;6*-1. The van der Waals surface area contributed by atoms with Crippen LogP contribution in [0.15, 0.2) is 0 Å². The number of hydrogen-bond donors (Lipinski definition) is 0. The number of hydrogen-bond acceptors (Lipinski definition) is 12. The normalized spacial score (nSPS) is 9.16. The molecule has 0 fully saturated rings. The zero-order valence-corrected chi connectivity index (χ0v) is 14.3. The van der Waals surface area contributed by atoms with Crippen LogP contribution < -0.4 is 62.9 Å². The van der Waals surface area contributed by atoms with Crippen molar-refractivity contribution in [3.63, 3.8) is 0 Å².